The number of aromatic nitrogens is 1. The molecule has 0 aliphatic carbocycles. The Labute approximate surface area is 142 Å². The molecule has 1 aliphatic heterocycles. The Morgan fingerprint density at radius 3 is 3.00 bits per heavy atom. The molecule has 2 unspecified atom stereocenters. The molecule has 5 nitrogen and oxygen atoms in total. The van der Waals surface area contributed by atoms with Gasteiger partial charge >= 0.3 is 0 Å². The molecule has 3 rings (SSSR count). The predicted octanol–water partition coefficient (Wildman–Crippen LogP) is 2.89. The number of amides is 1. The largest absolute Gasteiger partial charge is 0.448 e. The highest BCUT2D eigenvalue weighted by Gasteiger charge is 2.22. The number of benzene rings is 1. The van der Waals surface area contributed by atoms with Crippen LogP contribution in [0.15, 0.2) is 41.0 Å². The Morgan fingerprint density at radius 1 is 1.42 bits per heavy atom. The van der Waals surface area contributed by atoms with Crippen molar-refractivity contribution in [2.24, 2.45) is 0 Å². The number of oxazole rings is 1. The van der Waals surface area contributed by atoms with Gasteiger partial charge in [-0.3, -0.25) is 4.79 Å². The number of carbonyl (C=O) groups excluding carboxylic acids is 1. The van der Waals surface area contributed by atoms with Crippen LogP contribution in [0.1, 0.15) is 54.0 Å². The Bertz CT molecular complexity index is 648. The molecule has 0 bridgehead atoms. The van der Waals surface area contributed by atoms with Gasteiger partial charge in [-0.1, -0.05) is 30.3 Å². The molecule has 0 radical (unpaired) electrons. The highest BCUT2D eigenvalue weighted by molar-refractivity contribution is 5.92. The van der Waals surface area contributed by atoms with Crippen molar-refractivity contribution >= 4 is 5.91 Å². The zero-order valence-electron chi connectivity index (χ0n) is 14.1. The Kier molecular flexibility index (Phi) is 5.64. The molecule has 5 heteroatoms. The van der Waals surface area contributed by atoms with Crippen molar-refractivity contribution < 1.29 is 9.21 Å². The average molecular weight is 327 g/mol. The van der Waals surface area contributed by atoms with E-state index in [1.807, 2.05) is 25.1 Å². The zero-order valence-corrected chi connectivity index (χ0v) is 14.1. The molecule has 2 atom stereocenters. The smallest absolute Gasteiger partial charge is 0.273 e. The number of hydrogen-bond donors (Lipinski definition) is 2. The summed E-state index contributed by atoms with van der Waals surface area (Å²) in [5, 5.41) is 6.34. The topological polar surface area (TPSA) is 67.2 Å². The molecule has 2 heterocycles. The third-order valence-corrected chi connectivity index (χ3v) is 4.49. The van der Waals surface area contributed by atoms with Crippen LogP contribution in [-0.2, 0) is 6.42 Å². The van der Waals surface area contributed by atoms with E-state index < -0.39 is 0 Å². The summed E-state index contributed by atoms with van der Waals surface area (Å²) in [5.74, 6) is 0.787. The van der Waals surface area contributed by atoms with Gasteiger partial charge in [0.25, 0.3) is 5.91 Å². The lowest BCUT2D eigenvalue weighted by Crippen LogP contribution is -2.33. The van der Waals surface area contributed by atoms with Crippen molar-refractivity contribution in [2.45, 2.75) is 44.6 Å². The van der Waals surface area contributed by atoms with Crippen molar-refractivity contribution in [3.05, 3.63) is 53.7 Å². The van der Waals surface area contributed by atoms with Gasteiger partial charge in [0.2, 0.25) is 0 Å². The predicted molar refractivity (Wildman–Crippen MR) is 93.0 cm³/mol. The molecular weight excluding hydrogens is 302 g/mol. The maximum Gasteiger partial charge on any atom is 0.273 e. The summed E-state index contributed by atoms with van der Waals surface area (Å²) in [7, 11) is 0. The second kappa shape index (κ2) is 8.11. The van der Waals surface area contributed by atoms with Crippen LogP contribution in [0, 0.1) is 0 Å². The average Bonchev–Trinajstić information content (AvgIpc) is 3.12. The third-order valence-electron chi connectivity index (χ3n) is 4.49. The van der Waals surface area contributed by atoms with E-state index in [-0.39, 0.29) is 17.9 Å². The molecule has 2 N–H and O–H groups in total. The minimum Gasteiger partial charge on any atom is -0.448 e. The summed E-state index contributed by atoms with van der Waals surface area (Å²) in [4.78, 5) is 16.7. The molecule has 0 saturated carbocycles. The normalized spacial score (nSPS) is 19.0. The summed E-state index contributed by atoms with van der Waals surface area (Å²) in [6.07, 6.45) is 5.49. The van der Waals surface area contributed by atoms with E-state index in [0.29, 0.717) is 11.6 Å². The molecular formula is C19H25N3O2. The summed E-state index contributed by atoms with van der Waals surface area (Å²) in [6.45, 7) is 3.94. The van der Waals surface area contributed by atoms with Gasteiger partial charge in [-0.25, -0.2) is 4.98 Å². The van der Waals surface area contributed by atoms with Gasteiger partial charge in [-0.2, -0.15) is 0 Å². The van der Waals surface area contributed by atoms with E-state index in [0.717, 1.165) is 38.8 Å². The van der Waals surface area contributed by atoms with Gasteiger partial charge in [0.05, 0.1) is 0 Å². The van der Waals surface area contributed by atoms with Crippen molar-refractivity contribution in [3.8, 4) is 0 Å². The van der Waals surface area contributed by atoms with Crippen LogP contribution in [0.3, 0.4) is 0 Å². The van der Waals surface area contributed by atoms with Gasteiger partial charge in [-0.15, -0.1) is 0 Å². The number of aryl methyl sites for hydroxylation is 1. The summed E-state index contributed by atoms with van der Waals surface area (Å²) >= 11 is 0. The fraction of sp³-hybridized carbons (Fsp3) is 0.474. The van der Waals surface area contributed by atoms with Gasteiger partial charge in [0.15, 0.2) is 11.6 Å². The lowest BCUT2D eigenvalue weighted by molar-refractivity contribution is 0.0933. The van der Waals surface area contributed by atoms with E-state index in [4.69, 9.17) is 4.42 Å². The van der Waals surface area contributed by atoms with E-state index in [9.17, 15) is 4.79 Å². The number of hydrogen-bond acceptors (Lipinski definition) is 4. The number of nitrogens with one attached hydrogen (secondary N) is 2. The number of nitrogens with zero attached hydrogens (tertiary/aromatic N) is 1. The van der Waals surface area contributed by atoms with Crippen LogP contribution < -0.4 is 10.6 Å². The molecule has 24 heavy (non-hydrogen) atoms. The lowest BCUT2D eigenvalue weighted by Gasteiger charge is -2.19. The van der Waals surface area contributed by atoms with Crippen molar-refractivity contribution in [3.63, 3.8) is 0 Å². The second-order valence-electron chi connectivity index (χ2n) is 6.51. The molecule has 1 amide bonds. The second-order valence-corrected chi connectivity index (χ2v) is 6.51. The van der Waals surface area contributed by atoms with Gasteiger partial charge < -0.3 is 15.1 Å². The van der Waals surface area contributed by atoms with Crippen molar-refractivity contribution in [2.75, 3.05) is 13.1 Å². The minimum absolute atomic E-state index is 0.0919. The van der Waals surface area contributed by atoms with Crippen LogP contribution in [0.5, 0.6) is 0 Å². The van der Waals surface area contributed by atoms with Crippen LogP contribution in [0.2, 0.25) is 0 Å². The standard InChI is InChI=1S/C19H25N3O2/c1-14(9-10-15-6-3-2-4-7-15)21-18(23)17-13-24-19(22-17)16-8-5-11-20-12-16/h2-4,6-7,13-14,16,20H,5,8-12H2,1H3,(H,21,23). The molecule has 1 aliphatic rings. The third kappa shape index (κ3) is 4.45. The molecule has 1 saturated heterocycles. The molecule has 128 valence electrons. The number of rotatable bonds is 6. The quantitative estimate of drug-likeness (QED) is 0.856. The first-order chi connectivity index (χ1) is 11.7. The molecule has 1 fully saturated rings. The molecule has 0 spiro atoms. The van der Waals surface area contributed by atoms with Crippen LogP contribution in [0.25, 0.3) is 0 Å². The van der Waals surface area contributed by atoms with E-state index >= 15 is 0 Å². The summed E-state index contributed by atoms with van der Waals surface area (Å²) in [5.41, 5.74) is 1.66. The first-order valence-electron chi connectivity index (χ1n) is 8.73. The van der Waals surface area contributed by atoms with E-state index in [1.165, 1.54) is 11.8 Å². The maximum atomic E-state index is 12.3. The van der Waals surface area contributed by atoms with E-state index in [1.54, 1.807) is 0 Å². The van der Waals surface area contributed by atoms with Gasteiger partial charge in [0, 0.05) is 18.5 Å². The van der Waals surface area contributed by atoms with Gasteiger partial charge in [-0.05, 0) is 44.7 Å². The summed E-state index contributed by atoms with van der Waals surface area (Å²) in [6, 6.07) is 10.4. The van der Waals surface area contributed by atoms with Crippen LogP contribution in [0.4, 0.5) is 0 Å². The zero-order chi connectivity index (χ0) is 16.8. The molecule has 2 aromatic rings. The Hall–Kier alpha value is -2.14. The molecule has 1 aromatic carbocycles. The van der Waals surface area contributed by atoms with Gasteiger partial charge in [0.1, 0.15) is 6.26 Å². The van der Waals surface area contributed by atoms with Crippen LogP contribution >= 0.6 is 0 Å². The highest BCUT2D eigenvalue weighted by atomic mass is 16.3. The van der Waals surface area contributed by atoms with Crippen molar-refractivity contribution in [1.29, 1.82) is 0 Å². The fourth-order valence-corrected chi connectivity index (χ4v) is 3.04. The minimum atomic E-state index is -0.158. The monoisotopic (exact) mass is 327 g/mol. The van der Waals surface area contributed by atoms with Crippen LogP contribution in [-0.4, -0.2) is 30.0 Å². The lowest BCUT2D eigenvalue weighted by atomic mass is 10.00. The number of carbonyl (C=O) groups is 1. The Morgan fingerprint density at radius 2 is 2.25 bits per heavy atom. The first-order valence-corrected chi connectivity index (χ1v) is 8.73. The van der Waals surface area contributed by atoms with E-state index in [2.05, 4.69) is 27.8 Å². The summed E-state index contributed by atoms with van der Waals surface area (Å²) < 4.78 is 5.52. The Balaban J connectivity index is 1.50. The SMILES string of the molecule is CC(CCc1ccccc1)NC(=O)c1coc(C2CCCNC2)n1. The fourth-order valence-electron chi connectivity index (χ4n) is 3.04. The maximum absolute atomic E-state index is 12.3. The highest BCUT2D eigenvalue weighted by Crippen LogP contribution is 2.22. The number of piperidine rings is 1. The molecule has 1 aromatic heterocycles. The van der Waals surface area contributed by atoms with Crippen molar-refractivity contribution in [1.82, 2.24) is 15.6 Å². The first kappa shape index (κ1) is 16.7.